The van der Waals surface area contributed by atoms with Crippen molar-refractivity contribution >= 4 is 29.1 Å². The van der Waals surface area contributed by atoms with Crippen LogP contribution < -0.4 is 0 Å². The lowest BCUT2D eigenvalue weighted by atomic mass is 10.1. The van der Waals surface area contributed by atoms with E-state index in [0.29, 0.717) is 0 Å². The van der Waals surface area contributed by atoms with Gasteiger partial charge in [0.1, 0.15) is 0 Å². The molecule has 1 heterocycles. The topological polar surface area (TPSA) is 50.2 Å². The van der Waals surface area contributed by atoms with E-state index < -0.39 is 5.97 Å². The molecule has 0 saturated heterocycles. The van der Waals surface area contributed by atoms with Crippen molar-refractivity contribution in [2.75, 3.05) is 5.75 Å². The van der Waals surface area contributed by atoms with Gasteiger partial charge in [0.15, 0.2) is 4.34 Å². The molecule has 0 aliphatic carbocycles. The largest absolute Gasteiger partial charge is 0.481 e. The van der Waals surface area contributed by atoms with Crippen molar-refractivity contribution in [3.05, 3.63) is 34.7 Å². The van der Waals surface area contributed by atoms with Gasteiger partial charge in [-0.05, 0) is 13.8 Å². The molecule has 0 spiro atoms. The van der Waals surface area contributed by atoms with Gasteiger partial charge in [0.05, 0.1) is 11.4 Å². The number of thioether (sulfide) groups is 1. The number of aromatic nitrogens is 1. The first-order valence-electron chi connectivity index (χ1n) is 5.45. The van der Waals surface area contributed by atoms with E-state index in [1.54, 1.807) is 11.3 Å². The van der Waals surface area contributed by atoms with Crippen LogP contribution in [0.4, 0.5) is 0 Å². The van der Waals surface area contributed by atoms with Crippen LogP contribution in [0.25, 0.3) is 11.3 Å². The lowest BCUT2D eigenvalue weighted by Crippen LogP contribution is -1.96. The summed E-state index contributed by atoms with van der Waals surface area (Å²) in [6.45, 7) is 4.06. The molecule has 1 aromatic carbocycles. The van der Waals surface area contributed by atoms with Crippen molar-refractivity contribution in [2.24, 2.45) is 0 Å². The third-order valence-electron chi connectivity index (χ3n) is 2.42. The summed E-state index contributed by atoms with van der Waals surface area (Å²) in [4.78, 5) is 16.1. The molecule has 0 bridgehead atoms. The zero-order valence-corrected chi connectivity index (χ0v) is 11.8. The first-order chi connectivity index (χ1) is 8.56. The Labute approximate surface area is 114 Å². The highest BCUT2D eigenvalue weighted by molar-refractivity contribution is 8.01. The van der Waals surface area contributed by atoms with Gasteiger partial charge in [-0.2, -0.15) is 0 Å². The van der Waals surface area contributed by atoms with Gasteiger partial charge in [-0.3, -0.25) is 4.79 Å². The third kappa shape index (κ3) is 3.11. The van der Waals surface area contributed by atoms with E-state index in [9.17, 15) is 4.79 Å². The molecule has 0 amide bonds. The standard InChI is InChI=1S/C13H13NO2S2/c1-8-3-5-10(6-4-8)12-9(2)18-13(14-12)17-7-11(15)16/h3-6H,7H2,1-2H3,(H,15,16). The summed E-state index contributed by atoms with van der Waals surface area (Å²) >= 11 is 2.81. The van der Waals surface area contributed by atoms with Gasteiger partial charge in [0.2, 0.25) is 0 Å². The molecule has 2 aromatic rings. The molecule has 0 aliphatic heterocycles. The number of thiazole rings is 1. The average molecular weight is 279 g/mol. The van der Waals surface area contributed by atoms with Gasteiger partial charge < -0.3 is 5.11 Å². The summed E-state index contributed by atoms with van der Waals surface area (Å²) in [5, 5.41) is 8.65. The summed E-state index contributed by atoms with van der Waals surface area (Å²) in [7, 11) is 0. The second-order valence-corrected chi connectivity index (χ2v) is 6.36. The maximum absolute atomic E-state index is 10.5. The van der Waals surface area contributed by atoms with Crippen LogP contribution in [0.5, 0.6) is 0 Å². The number of carboxylic acids is 1. The summed E-state index contributed by atoms with van der Waals surface area (Å²) in [5.41, 5.74) is 3.25. The minimum Gasteiger partial charge on any atom is -0.481 e. The Hall–Kier alpha value is -1.33. The molecule has 1 N–H and O–H groups in total. The number of benzene rings is 1. The minimum absolute atomic E-state index is 0.0558. The Kier molecular flexibility index (Phi) is 4.04. The predicted octanol–water partition coefficient (Wildman–Crippen LogP) is 3.60. The van der Waals surface area contributed by atoms with Crippen molar-refractivity contribution in [2.45, 2.75) is 18.2 Å². The molecule has 2 rings (SSSR count). The van der Waals surface area contributed by atoms with E-state index in [2.05, 4.69) is 17.1 Å². The van der Waals surface area contributed by atoms with Gasteiger partial charge >= 0.3 is 5.97 Å². The molecule has 18 heavy (non-hydrogen) atoms. The first-order valence-corrected chi connectivity index (χ1v) is 7.25. The molecule has 1 aromatic heterocycles. The van der Waals surface area contributed by atoms with Crippen LogP contribution in [-0.2, 0) is 4.79 Å². The predicted molar refractivity (Wildman–Crippen MR) is 75.4 cm³/mol. The summed E-state index contributed by atoms with van der Waals surface area (Å²) < 4.78 is 0.811. The Morgan fingerprint density at radius 2 is 2.00 bits per heavy atom. The number of hydrogen-bond donors (Lipinski definition) is 1. The van der Waals surface area contributed by atoms with Gasteiger partial charge in [0.25, 0.3) is 0 Å². The lowest BCUT2D eigenvalue weighted by molar-refractivity contribution is -0.133. The van der Waals surface area contributed by atoms with Gasteiger partial charge in [-0.1, -0.05) is 41.6 Å². The van der Waals surface area contributed by atoms with Crippen molar-refractivity contribution < 1.29 is 9.90 Å². The number of carboxylic acid groups (broad SMARTS) is 1. The quantitative estimate of drug-likeness (QED) is 0.869. The van der Waals surface area contributed by atoms with E-state index in [0.717, 1.165) is 20.5 Å². The smallest absolute Gasteiger partial charge is 0.313 e. The zero-order valence-electron chi connectivity index (χ0n) is 10.1. The zero-order chi connectivity index (χ0) is 13.1. The number of aliphatic carboxylic acids is 1. The van der Waals surface area contributed by atoms with Crippen LogP contribution in [0.1, 0.15) is 10.4 Å². The second-order valence-electron chi connectivity index (χ2n) is 3.93. The number of nitrogens with zero attached hydrogens (tertiary/aromatic N) is 1. The first kappa shape index (κ1) is 13.1. The molecule has 0 atom stereocenters. The molecule has 0 unspecified atom stereocenters. The average Bonchev–Trinajstić information content (AvgIpc) is 2.69. The fraction of sp³-hybridized carbons (Fsp3) is 0.231. The highest BCUT2D eigenvalue weighted by Gasteiger charge is 2.11. The lowest BCUT2D eigenvalue weighted by Gasteiger charge is -1.99. The Morgan fingerprint density at radius 3 is 2.61 bits per heavy atom. The number of aryl methyl sites for hydroxylation is 2. The fourth-order valence-corrected chi connectivity index (χ4v) is 3.39. The molecular formula is C13H13NO2S2. The third-order valence-corrected chi connectivity index (χ3v) is 4.52. The Bertz CT molecular complexity index is 561. The normalized spacial score (nSPS) is 10.6. The molecule has 0 radical (unpaired) electrons. The van der Waals surface area contributed by atoms with Crippen molar-refractivity contribution in [3.8, 4) is 11.3 Å². The van der Waals surface area contributed by atoms with E-state index in [1.807, 2.05) is 26.0 Å². The van der Waals surface area contributed by atoms with Crippen LogP contribution >= 0.6 is 23.1 Å². The van der Waals surface area contributed by atoms with E-state index >= 15 is 0 Å². The van der Waals surface area contributed by atoms with Crippen LogP contribution in [0.15, 0.2) is 28.6 Å². The van der Waals surface area contributed by atoms with Crippen molar-refractivity contribution in [1.82, 2.24) is 4.98 Å². The van der Waals surface area contributed by atoms with E-state index in [-0.39, 0.29) is 5.75 Å². The molecular weight excluding hydrogens is 266 g/mol. The van der Waals surface area contributed by atoms with Crippen LogP contribution in [-0.4, -0.2) is 21.8 Å². The van der Waals surface area contributed by atoms with Gasteiger partial charge in [-0.15, -0.1) is 11.3 Å². The van der Waals surface area contributed by atoms with E-state index in [4.69, 9.17) is 5.11 Å². The van der Waals surface area contributed by atoms with Crippen LogP contribution in [0, 0.1) is 13.8 Å². The molecule has 0 aliphatic rings. The Balaban J connectivity index is 2.23. The van der Waals surface area contributed by atoms with Crippen LogP contribution in [0.2, 0.25) is 0 Å². The highest BCUT2D eigenvalue weighted by Crippen LogP contribution is 2.32. The maximum Gasteiger partial charge on any atom is 0.313 e. The fourth-order valence-electron chi connectivity index (χ4n) is 1.54. The molecule has 3 nitrogen and oxygen atoms in total. The maximum atomic E-state index is 10.5. The van der Waals surface area contributed by atoms with Gasteiger partial charge in [0, 0.05) is 10.4 Å². The molecule has 0 saturated carbocycles. The number of carbonyl (C=O) groups is 1. The van der Waals surface area contributed by atoms with Crippen LogP contribution in [0.3, 0.4) is 0 Å². The summed E-state index contributed by atoms with van der Waals surface area (Å²) in [5.74, 6) is -0.759. The summed E-state index contributed by atoms with van der Waals surface area (Å²) in [6.07, 6.45) is 0. The number of rotatable bonds is 4. The van der Waals surface area contributed by atoms with Crippen molar-refractivity contribution in [1.29, 1.82) is 0 Å². The molecule has 94 valence electrons. The van der Waals surface area contributed by atoms with Gasteiger partial charge in [-0.25, -0.2) is 4.98 Å². The second kappa shape index (κ2) is 5.54. The Morgan fingerprint density at radius 1 is 1.33 bits per heavy atom. The van der Waals surface area contributed by atoms with Crippen molar-refractivity contribution in [3.63, 3.8) is 0 Å². The monoisotopic (exact) mass is 279 g/mol. The molecule has 5 heteroatoms. The number of hydrogen-bond acceptors (Lipinski definition) is 4. The minimum atomic E-state index is -0.815. The highest BCUT2D eigenvalue weighted by atomic mass is 32.2. The summed E-state index contributed by atoms with van der Waals surface area (Å²) in [6, 6.07) is 8.20. The van der Waals surface area contributed by atoms with E-state index in [1.165, 1.54) is 17.3 Å². The SMILES string of the molecule is Cc1ccc(-c2nc(SCC(=O)O)sc2C)cc1. The molecule has 0 fully saturated rings.